The van der Waals surface area contributed by atoms with Crippen LogP contribution in [0.1, 0.15) is 6.92 Å². The summed E-state index contributed by atoms with van der Waals surface area (Å²) in [6.07, 6.45) is 1.62. The summed E-state index contributed by atoms with van der Waals surface area (Å²) in [4.78, 5) is 16.2. The molecule has 1 aliphatic heterocycles. The summed E-state index contributed by atoms with van der Waals surface area (Å²) in [5.74, 6) is -0.188. The lowest BCUT2D eigenvalue weighted by molar-refractivity contribution is -0.142. The molecule has 7 nitrogen and oxygen atoms in total. The molecule has 1 aromatic carbocycles. The van der Waals surface area contributed by atoms with Crippen molar-refractivity contribution in [2.75, 3.05) is 44.8 Å². The van der Waals surface area contributed by atoms with Gasteiger partial charge in [-0.1, -0.05) is 29.3 Å². The van der Waals surface area contributed by atoms with Crippen LogP contribution in [0.3, 0.4) is 0 Å². The Bertz CT molecular complexity index is 991. The molecule has 0 saturated carbocycles. The van der Waals surface area contributed by atoms with Crippen LogP contribution in [0.25, 0.3) is 10.4 Å². The van der Waals surface area contributed by atoms with Crippen LogP contribution in [0.15, 0.2) is 28.7 Å². The minimum absolute atomic E-state index is 0.0701. The lowest BCUT2D eigenvalue weighted by Crippen LogP contribution is -2.52. The summed E-state index contributed by atoms with van der Waals surface area (Å²) < 4.78 is 4.73. The van der Waals surface area contributed by atoms with Crippen molar-refractivity contribution in [2.24, 2.45) is 5.10 Å². The van der Waals surface area contributed by atoms with E-state index in [1.165, 1.54) is 18.4 Å². The number of methoxy groups -OCH3 is 1. The third-order valence-electron chi connectivity index (χ3n) is 4.79. The lowest BCUT2D eigenvalue weighted by Gasteiger charge is -2.37. The van der Waals surface area contributed by atoms with E-state index in [-0.39, 0.29) is 18.3 Å². The van der Waals surface area contributed by atoms with E-state index in [0.717, 1.165) is 5.56 Å². The summed E-state index contributed by atoms with van der Waals surface area (Å²) >= 11 is 19.2. The van der Waals surface area contributed by atoms with E-state index in [2.05, 4.69) is 5.10 Å². The van der Waals surface area contributed by atoms with Gasteiger partial charge in [-0.3, -0.25) is 9.69 Å². The van der Waals surface area contributed by atoms with Crippen molar-refractivity contribution in [1.29, 1.82) is 0 Å². The first-order valence-corrected chi connectivity index (χ1v) is 11.5. The quantitative estimate of drug-likeness (QED) is 0.283. The number of piperazine rings is 1. The fraction of sp³-hybridized carbons (Fsp3) is 0.350. The van der Waals surface area contributed by atoms with Crippen LogP contribution in [0.2, 0.25) is 10.0 Å². The Labute approximate surface area is 200 Å². The maximum Gasteiger partial charge on any atom is 0.319 e. The van der Waals surface area contributed by atoms with E-state index in [1.807, 2.05) is 9.80 Å². The Balaban J connectivity index is 1.78. The molecule has 31 heavy (non-hydrogen) atoms. The Morgan fingerprint density at radius 2 is 2.03 bits per heavy atom. The molecule has 2 heterocycles. The fourth-order valence-electron chi connectivity index (χ4n) is 3.14. The second-order valence-corrected chi connectivity index (χ2v) is 8.79. The van der Waals surface area contributed by atoms with Crippen molar-refractivity contribution in [2.45, 2.75) is 6.92 Å². The van der Waals surface area contributed by atoms with Crippen molar-refractivity contribution >= 4 is 69.7 Å². The third kappa shape index (κ3) is 5.48. The van der Waals surface area contributed by atoms with Gasteiger partial charge in [0, 0.05) is 37.8 Å². The fourth-order valence-corrected chi connectivity index (χ4v) is 4.69. The molecule has 0 unspecified atom stereocenters. The van der Waals surface area contributed by atoms with E-state index >= 15 is 0 Å². The number of hydrazone groups is 1. The summed E-state index contributed by atoms with van der Waals surface area (Å²) in [6.45, 7) is 4.65. The normalized spacial score (nSPS) is 14.8. The molecule has 0 atom stereocenters. The SMILES string of the molecule is CC=NN(C(=S)N1CCN(CC(=O)OC)CC1)c1csc(-c2ccc(Cl)c(Cl)c2)c1O. The lowest BCUT2D eigenvalue weighted by atomic mass is 10.2. The van der Waals surface area contributed by atoms with Gasteiger partial charge in [-0.25, -0.2) is 5.01 Å². The van der Waals surface area contributed by atoms with Crippen molar-refractivity contribution in [3.05, 3.63) is 33.6 Å². The first kappa shape index (κ1) is 23.7. The topological polar surface area (TPSA) is 68.6 Å². The van der Waals surface area contributed by atoms with Gasteiger partial charge in [0.25, 0.3) is 0 Å². The number of aromatic hydroxyl groups is 1. The highest BCUT2D eigenvalue weighted by atomic mass is 35.5. The molecule has 0 amide bonds. The number of ether oxygens (including phenoxy) is 1. The third-order valence-corrected chi connectivity index (χ3v) is 6.97. The molecule has 3 rings (SSSR count). The largest absolute Gasteiger partial charge is 0.504 e. The van der Waals surface area contributed by atoms with Gasteiger partial charge in [-0.05, 0) is 36.8 Å². The molecule has 166 valence electrons. The zero-order valence-electron chi connectivity index (χ0n) is 17.0. The molecule has 1 aromatic heterocycles. The first-order valence-electron chi connectivity index (χ1n) is 9.48. The molecule has 1 aliphatic rings. The Morgan fingerprint density at radius 1 is 1.32 bits per heavy atom. The monoisotopic (exact) mass is 500 g/mol. The number of rotatable bonds is 5. The van der Waals surface area contributed by atoms with E-state index in [4.69, 9.17) is 40.2 Å². The number of halogens is 2. The average Bonchev–Trinajstić information content (AvgIpc) is 3.15. The number of anilines is 1. The second-order valence-electron chi connectivity index (χ2n) is 6.73. The molecular formula is C20H22Cl2N4O3S2. The smallest absolute Gasteiger partial charge is 0.319 e. The average molecular weight is 501 g/mol. The highest BCUT2D eigenvalue weighted by molar-refractivity contribution is 7.80. The Hall–Kier alpha value is -1.91. The molecule has 1 fully saturated rings. The van der Waals surface area contributed by atoms with Crippen LogP contribution in [0.4, 0.5) is 5.69 Å². The second kappa shape index (κ2) is 10.6. The van der Waals surface area contributed by atoms with Crippen molar-refractivity contribution in [3.8, 4) is 16.2 Å². The molecule has 0 spiro atoms. The number of carbonyl (C=O) groups excluding carboxylic acids is 1. The molecule has 0 aliphatic carbocycles. The Morgan fingerprint density at radius 3 is 2.65 bits per heavy atom. The molecular weight excluding hydrogens is 479 g/mol. The standard InChI is InChI=1S/C20H22Cl2N4O3S2/c1-3-23-26(20(30)25-8-6-24(7-9-25)11-17(27)29-2)16-12-31-19(18(16)28)13-4-5-14(21)15(22)10-13/h3-5,10,12,28H,6-9,11H2,1-2H3. The van der Waals surface area contributed by atoms with Gasteiger partial charge in [-0.15, -0.1) is 11.3 Å². The molecule has 0 bridgehead atoms. The molecule has 2 aromatic rings. The van der Waals surface area contributed by atoms with Crippen LogP contribution < -0.4 is 5.01 Å². The van der Waals surface area contributed by atoms with Crippen molar-refractivity contribution in [1.82, 2.24) is 9.80 Å². The minimum atomic E-state index is -0.258. The number of hydrogen-bond acceptors (Lipinski definition) is 7. The highest BCUT2D eigenvalue weighted by Crippen LogP contribution is 2.45. The number of esters is 1. The summed E-state index contributed by atoms with van der Waals surface area (Å²) in [6, 6.07) is 5.21. The predicted molar refractivity (Wildman–Crippen MR) is 131 cm³/mol. The van der Waals surface area contributed by atoms with Crippen molar-refractivity contribution < 1.29 is 14.6 Å². The minimum Gasteiger partial charge on any atom is -0.504 e. The van der Waals surface area contributed by atoms with Crippen LogP contribution in [-0.4, -0.2) is 72.0 Å². The summed E-state index contributed by atoms with van der Waals surface area (Å²) in [5.41, 5.74) is 1.25. The first-order chi connectivity index (χ1) is 14.8. The zero-order valence-corrected chi connectivity index (χ0v) is 20.2. The van der Waals surface area contributed by atoms with Crippen molar-refractivity contribution in [3.63, 3.8) is 0 Å². The summed E-state index contributed by atoms with van der Waals surface area (Å²) in [7, 11) is 1.38. The van der Waals surface area contributed by atoms with E-state index in [9.17, 15) is 9.90 Å². The van der Waals surface area contributed by atoms with E-state index in [1.54, 1.807) is 41.7 Å². The number of thiophene rings is 1. The van der Waals surface area contributed by atoms with Gasteiger partial charge in [-0.2, -0.15) is 5.10 Å². The van der Waals surface area contributed by atoms with Crippen LogP contribution in [-0.2, 0) is 9.53 Å². The Kier molecular flexibility index (Phi) is 8.12. The number of carbonyl (C=O) groups is 1. The van der Waals surface area contributed by atoms with Gasteiger partial charge < -0.3 is 14.7 Å². The van der Waals surface area contributed by atoms with Crippen LogP contribution in [0.5, 0.6) is 5.75 Å². The van der Waals surface area contributed by atoms with E-state index in [0.29, 0.717) is 51.9 Å². The predicted octanol–water partition coefficient (Wildman–Crippen LogP) is 4.32. The van der Waals surface area contributed by atoms with Gasteiger partial charge >= 0.3 is 5.97 Å². The van der Waals surface area contributed by atoms with Crippen LogP contribution in [0, 0.1) is 0 Å². The maximum absolute atomic E-state index is 11.5. The molecule has 1 N–H and O–H groups in total. The van der Waals surface area contributed by atoms with Gasteiger partial charge in [0.1, 0.15) is 5.69 Å². The van der Waals surface area contributed by atoms with Gasteiger partial charge in [0.05, 0.1) is 28.6 Å². The molecule has 1 saturated heterocycles. The van der Waals surface area contributed by atoms with Crippen LogP contribution >= 0.6 is 46.8 Å². The maximum atomic E-state index is 11.5. The molecule has 0 radical (unpaired) electrons. The van der Waals surface area contributed by atoms with E-state index < -0.39 is 0 Å². The zero-order chi connectivity index (χ0) is 22.5. The number of benzene rings is 1. The van der Waals surface area contributed by atoms with Gasteiger partial charge in [0.15, 0.2) is 10.9 Å². The number of nitrogens with zero attached hydrogens (tertiary/aromatic N) is 4. The summed E-state index contributed by atoms with van der Waals surface area (Å²) in [5, 5.41) is 20.0. The van der Waals surface area contributed by atoms with Gasteiger partial charge in [0.2, 0.25) is 0 Å². The number of hydrogen-bond donors (Lipinski definition) is 1. The molecule has 11 heteroatoms. The highest BCUT2D eigenvalue weighted by Gasteiger charge is 2.27. The number of thiocarbonyl (C=S) groups is 1.